The summed E-state index contributed by atoms with van der Waals surface area (Å²) in [6.07, 6.45) is 3.75. The first-order chi connectivity index (χ1) is 13.5. The Morgan fingerprint density at radius 2 is 1.86 bits per heavy atom. The third kappa shape index (κ3) is 8.65. The zero-order chi connectivity index (χ0) is 22.6. The van der Waals surface area contributed by atoms with Crippen LogP contribution in [-0.2, 0) is 14.9 Å². The highest BCUT2D eigenvalue weighted by Crippen LogP contribution is 2.32. The van der Waals surface area contributed by atoms with E-state index in [0.29, 0.717) is 18.2 Å². The topological polar surface area (TPSA) is 59.9 Å². The number of allylic oxidation sites excluding steroid dienone is 3. The lowest BCUT2D eigenvalue weighted by molar-refractivity contribution is -0.125. The van der Waals surface area contributed by atoms with Crippen molar-refractivity contribution in [3.05, 3.63) is 47.6 Å². The van der Waals surface area contributed by atoms with Crippen molar-refractivity contribution in [2.75, 3.05) is 34.9 Å². The third-order valence-corrected chi connectivity index (χ3v) is 4.14. The molecule has 29 heavy (non-hydrogen) atoms. The number of amides is 1. The van der Waals surface area contributed by atoms with Gasteiger partial charge in [-0.25, -0.2) is 0 Å². The summed E-state index contributed by atoms with van der Waals surface area (Å²) in [6.45, 7) is 14.6. The van der Waals surface area contributed by atoms with E-state index in [1.54, 1.807) is 34.6 Å². The zero-order valence-electron chi connectivity index (χ0n) is 19.6. The summed E-state index contributed by atoms with van der Waals surface area (Å²) in [5.41, 5.74) is 3.02. The highest BCUT2D eigenvalue weighted by Gasteiger charge is 2.30. The molecule has 0 radical (unpaired) electrons. The molecule has 0 fully saturated rings. The second kappa shape index (κ2) is 12.9. The average molecular weight is 403 g/mol. The van der Waals surface area contributed by atoms with Gasteiger partial charge in [0.15, 0.2) is 0 Å². The highest BCUT2D eigenvalue weighted by molar-refractivity contribution is 6.11. The van der Waals surface area contributed by atoms with Gasteiger partial charge >= 0.3 is 0 Å². The molecule has 5 heteroatoms. The van der Waals surface area contributed by atoms with Gasteiger partial charge in [-0.05, 0) is 38.3 Å². The minimum Gasteiger partial charge on any atom is -0.496 e. The van der Waals surface area contributed by atoms with E-state index in [2.05, 4.69) is 35.5 Å². The minimum atomic E-state index is -0.655. The standard InChI is InChI=1S/C22H32N2O2.C2H6O/c1-15(2)11-17(14-23-7)19-10-9-18(12-20(19)26-8)22(5,6)21(25)24-13-16(3)4;1-3-2/h9-12,14,16H,1,13H2,2-8H3,(H,24,25);1-2H3/b17-11+,23-14?;. The molecular formula is C24H38N2O3. The van der Waals surface area contributed by atoms with E-state index in [-0.39, 0.29) is 5.91 Å². The number of carbonyl (C=O) groups excluding carboxylic acids is 1. The third-order valence-electron chi connectivity index (χ3n) is 4.14. The minimum absolute atomic E-state index is 0.00817. The van der Waals surface area contributed by atoms with Crippen LogP contribution in [0, 0.1) is 5.92 Å². The van der Waals surface area contributed by atoms with Crippen LogP contribution >= 0.6 is 0 Å². The molecule has 0 heterocycles. The Kier molecular flexibility index (Phi) is 11.9. The van der Waals surface area contributed by atoms with Gasteiger partial charge in [0.2, 0.25) is 5.91 Å². The summed E-state index contributed by atoms with van der Waals surface area (Å²) in [7, 11) is 6.62. The van der Waals surface area contributed by atoms with Gasteiger partial charge in [-0.1, -0.05) is 44.2 Å². The monoisotopic (exact) mass is 402 g/mol. The molecule has 0 bridgehead atoms. The first kappa shape index (κ1) is 26.6. The Balaban J connectivity index is 0.00000245. The molecular weight excluding hydrogens is 364 g/mol. The van der Waals surface area contributed by atoms with Gasteiger partial charge < -0.3 is 14.8 Å². The number of carbonyl (C=O) groups is 1. The molecule has 0 aliphatic carbocycles. The van der Waals surface area contributed by atoms with E-state index in [0.717, 1.165) is 22.3 Å². The van der Waals surface area contributed by atoms with E-state index in [9.17, 15) is 4.79 Å². The van der Waals surface area contributed by atoms with Crippen LogP contribution in [0.1, 0.15) is 45.7 Å². The van der Waals surface area contributed by atoms with Gasteiger partial charge in [0, 0.05) is 45.2 Å². The van der Waals surface area contributed by atoms with E-state index in [1.165, 1.54) is 0 Å². The molecule has 0 unspecified atom stereocenters. The summed E-state index contributed by atoms with van der Waals surface area (Å²) in [5.74, 6) is 1.13. The Hall–Kier alpha value is -2.40. The quantitative estimate of drug-likeness (QED) is 0.508. The van der Waals surface area contributed by atoms with Gasteiger partial charge in [-0.3, -0.25) is 9.79 Å². The molecule has 1 N–H and O–H groups in total. The van der Waals surface area contributed by atoms with E-state index >= 15 is 0 Å². The van der Waals surface area contributed by atoms with Crippen LogP contribution in [0.5, 0.6) is 5.75 Å². The molecule has 1 aromatic carbocycles. The van der Waals surface area contributed by atoms with Gasteiger partial charge in [0.1, 0.15) is 5.75 Å². The number of rotatable bonds is 8. The summed E-state index contributed by atoms with van der Waals surface area (Å²) in [4.78, 5) is 16.8. The van der Waals surface area contributed by atoms with Crippen LogP contribution in [0.2, 0.25) is 0 Å². The van der Waals surface area contributed by atoms with E-state index in [1.807, 2.05) is 45.0 Å². The number of nitrogens with zero attached hydrogens (tertiary/aromatic N) is 1. The average Bonchev–Trinajstić information content (AvgIpc) is 2.65. The predicted molar refractivity (Wildman–Crippen MR) is 124 cm³/mol. The van der Waals surface area contributed by atoms with Gasteiger partial charge in [-0.15, -0.1) is 0 Å². The molecule has 0 atom stereocenters. The number of ether oxygens (including phenoxy) is 2. The Morgan fingerprint density at radius 3 is 2.31 bits per heavy atom. The fraction of sp³-hybridized carbons (Fsp3) is 0.500. The molecule has 1 amide bonds. The molecule has 0 saturated carbocycles. The number of hydrogen-bond donors (Lipinski definition) is 1. The molecule has 5 nitrogen and oxygen atoms in total. The number of methoxy groups -OCH3 is 2. The normalized spacial score (nSPS) is 11.9. The maximum absolute atomic E-state index is 12.6. The molecule has 0 aliphatic heterocycles. The second-order valence-electron chi connectivity index (χ2n) is 7.89. The number of benzene rings is 1. The second-order valence-corrected chi connectivity index (χ2v) is 7.89. The number of hydrogen-bond acceptors (Lipinski definition) is 4. The Morgan fingerprint density at radius 1 is 1.28 bits per heavy atom. The lowest BCUT2D eigenvalue weighted by atomic mass is 9.82. The summed E-state index contributed by atoms with van der Waals surface area (Å²) in [5, 5.41) is 3.02. The number of aliphatic imine (C=N–C) groups is 1. The van der Waals surface area contributed by atoms with Crippen LogP contribution in [0.3, 0.4) is 0 Å². The van der Waals surface area contributed by atoms with Crippen molar-refractivity contribution in [1.82, 2.24) is 5.32 Å². The molecule has 0 aromatic heterocycles. The van der Waals surface area contributed by atoms with Crippen LogP contribution in [-0.4, -0.2) is 47.0 Å². The maximum atomic E-state index is 12.6. The van der Waals surface area contributed by atoms with Crippen LogP contribution in [0.4, 0.5) is 0 Å². The van der Waals surface area contributed by atoms with Gasteiger partial charge in [-0.2, -0.15) is 0 Å². The van der Waals surface area contributed by atoms with Crippen molar-refractivity contribution in [1.29, 1.82) is 0 Å². The molecule has 162 valence electrons. The largest absolute Gasteiger partial charge is 0.496 e. The Bertz CT molecular complexity index is 732. The molecule has 0 saturated heterocycles. The van der Waals surface area contributed by atoms with Crippen molar-refractivity contribution >= 4 is 17.7 Å². The van der Waals surface area contributed by atoms with Crippen LogP contribution in [0.25, 0.3) is 5.57 Å². The summed E-state index contributed by atoms with van der Waals surface area (Å²) >= 11 is 0. The van der Waals surface area contributed by atoms with Crippen LogP contribution in [0.15, 0.2) is 41.4 Å². The fourth-order valence-corrected chi connectivity index (χ4v) is 2.56. The van der Waals surface area contributed by atoms with E-state index < -0.39 is 5.41 Å². The number of nitrogens with one attached hydrogen (secondary N) is 1. The van der Waals surface area contributed by atoms with Crippen molar-refractivity contribution in [2.45, 2.75) is 40.0 Å². The van der Waals surface area contributed by atoms with Crippen molar-refractivity contribution in [2.24, 2.45) is 10.9 Å². The smallest absolute Gasteiger partial charge is 0.230 e. The van der Waals surface area contributed by atoms with Gasteiger partial charge in [0.05, 0.1) is 12.5 Å². The first-order valence-corrected chi connectivity index (χ1v) is 9.71. The van der Waals surface area contributed by atoms with E-state index in [4.69, 9.17) is 4.74 Å². The zero-order valence-corrected chi connectivity index (χ0v) is 19.6. The maximum Gasteiger partial charge on any atom is 0.230 e. The summed E-state index contributed by atoms with van der Waals surface area (Å²) in [6, 6.07) is 5.88. The predicted octanol–water partition coefficient (Wildman–Crippen LogP) is 4.67. The van der Waals surface area contributed by atoms with Crippen molar-refractivity contribution in [3.8, 4) is 5.75 Å². The lowest BCUT2D eigenvalue weighted by Gasteiger charge is -2.26. The van der Waals surface area contributed by atoms with Crippen molar-refractivity contribution < 1.29 is 14.3 Å². The van der Waals surface area contributed by atoms with Crippen molar-refractivity contribution in [3.63, 3.8) is 0 Å². The first-order valence-electron chi connectivity index (χ1n) is 9.71. The Labute approximate surface area is 176 Å². The molecule has 1 aromatic rings. The summed E-state index contributed by atoms with van der Waals surface area (Å²) < 4.78 is 9.85. The highest BCUT2D eigenvalue weighted by atomic mass is 16.5. The SMILES string of the molecule is C=C(C)/C=C(\C=NC)c1ccc(C(C)(C)C(=O)NCC(C)C)cc1OC.COC. The lowest BCUT2D eigenvalue weighted by Crippen LogP contribution is -2.41. The fourth-order valence-electron chi connectivity index (χ4n) is 2.56. The molecule has 0 aliphatic rings. The van der Waals surface area contributed by atoms with Gasteiger partial charge in [0.25, 0.3) is 0 Å². The molecule has 0 spiro atoms. The molecule has 1 rings (SSSR count). The van der Waals surface area contributed by atoms with Crippen LogP contribution < -0.4 is 10.1 Å².